The molecule has 2 aromatic rings. The number of aromatic nitrogens is 1. The number of sulfonamides is 2. The van der Waals surface area contributed by atoms with E-state index in [1.807, 2.05) is 4.72 Å². The number of nitrogens with two attached hydrogens (primary N) is 1. The van der Waals surface area contributed by atoms with Gasteiger partial charge in [-0.25, -0.2) is 27.0 Å². The van der Waals surface area contributed by atoms with Gasteiger partial charge in [-0.05, 0) is 30.3 Å². The molecule has 0 bridgehead atoms. The maximum Gasteiger partial charge on any atom is 0.263 e. The van der Waals surface area contributed by atoms with E-state index >= 15 is 0 Å². The number of nitrogens with one attached hydrogen (secondary N) is 1. The van der Waals surface area contributed by atoms with E-state index in [9.17, 15) is 21.2 Å². The smallest absolute Gasteiger partial charge is 0.263 e. The van der Waals surface area contributed by atoms with E-state index in [0.717, 1.165) is 18.2 Å². The fourth-order valence-electron chi connectivity index (χ4n) is 1.48. The van der Waals surface area contributed by atoms with Crippen LogP contribution >= 0.6 is 0 Å². The van der Waals surface area contributed by atoms with Crippen molar-refractivity contribution in [3.63, 3.8) is 0 Å². The van der Waals surface area contributed by atoms with Crippen LogP contribution in [0.15, 0.2) is 52.3 Å². The van der Waals surface area contributed by atoms with Crippen LogP contribution in [0.1, 0.15) is 0 Å². The Morgan fingerprint density at radius 2 is 1.62 bits per heavy atom. The summed E-state index contributed by atoms with van der Waals surface area (Å²) < 4.78 is 61.6. The lowest BCUT2D eigenvalue weighted by molar-refractivity contribution is 0.584. The zero-order valence-corrected chi connectivity index (χ0v) is 12.0. The molecule has 1 heterocycles. The van der Waals surface area contributed by atoms with Crippen LogP contribution < -0.4 is 9.86 Å². The summed E-state index contributed by atoms with van der Waals surface area (Å²) in [5.74, 6) is -1.08. The summed E-state index contributed by atoms with van der Waals surface area (Å²) in [5, 5.41) is 4.94. The molecule has 0 saturated carbocycles. The summed E-state index contributed by atoms with van der Waals surface area (Å²) in [4.78, 5) is 2.67. The summed E-state index contributed by atoms with van der Waals surface area (Å²) in [5.41, 5.74) is 0. The molecular formula is C11H10FN3O4S2. The van der Waals surface area contributed by atoms with E-state index in [-0.39, 0.29) is 15.6 Å². The SMILES string of the molecule is NS(=O)(=O)c1cccc(S(=O)(=O)Nc2cccc(F)n2)c1. The average molecular weight is 331 g/mol. The predicted octanol–water partition coefficient (Wildman–Crippen LogP) is 0.669. The maximum atomic E-state index is 12.9. The lowest BCUT2D eigenvalue weighted by Crippen LogP contribution is -2.16. The van der Waals surface area contributed by atoms with Crippen molar-refractivity contribution in [2.24, 2.45) is 5.14 Å². The molecular weight excluding hydrogens is 321 g/mol. The number of rotatable bonds is 4. The van der Waals surface area contributed by atoms with Gasteiger partial charge in [-0.3, -0.25) is 4.72 Å². The van der Waals surface area contributed by atoms with E-state index in [0.29, 0.717) is 0 Å². The number of anilines is 1. The largest absolute Gasteiger partial charge is 0.263 e. The monoisotopic (exact) mass is 331 g/mol. The number of hydrogen-bond acceptors (Lipinski definition) is 5. The summed E-state index contributed by atoms with van der Waals surface area (Å²) >= 11 is 0. The number of nitrogens with zero attached hydrogens (tertiary/aromatic N) is 1. The molecule has 0 aliphatic carbocycles. The first-order valence-electron chi connectivity index (χ1n) is 5.47. The van der Waals surface area contributed by atoms with Crippen LogP contribution in [0.2, 0.25) is 0 Å². The van der Waals surface area contributed by atoms with Crippen molar-refractivity contribution in [1.29, 1.82) is 0 Å². The highest BCUT2D eigenvalue weighted by atomic mass is 32.2. The normalized spacial score (nSPS) is 12.1. The Hall–Kier alpha value is -2.04. The second-order valence-corrected chi connectivity index (χ2v) is 7.21. The first-order valence-corrected chi connectivity index (χ1v) is 8.50. The third-order valence-electron chi connectivity index (χ3n) is 2.40. The maximum absolute atomic E-state index is 12.9. The molecule has 3 N–H and O–H groups in total. The molecule has 21 heavy (non-hydrogen) atoms. The van der Waals surface area contributed by atoms with Crippen molar-refractivity contribution < 1.29 is 21.2 Å². The molecule has 10 heteroatoms. The molecule has 1 aromatic heterocycles. The Balaban J connectivity index is 2.41. The fourth-order valence-corrected chi connectivity index (χ4v) is 3.16. The number of hydrogen-bond donors (Lipinski definition) is 2. The van der Waals surface area contributed by atoms with E-state index in [1.54, 1.807) is 0 Å². The van der Waals surface area contributed by atoms with Crippen LogP contribution in [0.3, 0.4) is 0 Å². The van der Waals surface area contributed by atoms with Gasteiger partial charge in [-0.2, -0.15) is 4.39 Å². The molecule has 0 aliphatic heterocycles. The van der Waals surface area contributed by atoms with Gasteiger partial charge < -0.3 is 0 Å². The standard InChI is InChI=1S/C11H10FN3O4S2/c12-10-5-2-6-11(14-10)15-21(18,19)9-4-1-3-8(7-9)20(13,16)17/h1-7H,(H,14,15)(H2,13,16,17). The Kier molecular flexibility index (Phi) is 3.94. The minimum absolute atomic E-state index is 0.226. The highest BCUT2D eigenvalue weighted by Crippen LogP contribution is 2.17. The summed E-state index contributed by atoms with van der Waals surface area (Å²) in [6, 6.07) is 8.06. The van der Waals surface area contributed by atoms with Crippen molar-refractivity contribution >= 4 is 25.9 Å². The van der Waals surface area contributed by atoms with Gasteiger partial charge in [0, 0.05) is 0 Å². The Morgan fingerprint density at radius 3 is 2.24 bits per heavy atom. The molecule has 0 amide bonds. The van der Waals surface area contributed by atoms with Gasteiger partial charge in [0.05, 0.1) is 9.79 Å². The van der Waals surface area contributed by atoms with Crippen LogP contribution in [0.5, 0.6) is 0 Å². The molecule has 0 saturated heterocycles. The van der Waals surface area contributed by atoms with Crippen LogP contribution in [-0.2, 0) is 20.0 Å². The molecule has 112 valence electrons. The van der Waals surface area contributed by atoms with Crippen LogP contribution in [0, 0.1) is 5.95 Å². The van der Waals surface area contributed by atoms with Crippen LogP contribution in [-0.4, -0.2) is 21.8 Å². The molecule has 0 aliphatic rings. The Labute approximate surface area is 120 Å². The molecule has 7 nitrogen and oxygen atoms in total. The van der Waals surface area contributed by atoms with Crippen LogP contribution in [0.4, 0.5) is 10.2 Å². The Morgan fingerprint density at radius 1 is 1.00 bits per heavy atom. The predicted molar refractivity (Wildman–Crippen MR) is 72.8 cm³/mol. The first kappa shape index (κ1) is 15.4. The number of halogens is 1. The molecule has 1 aromatic carbocycles. The molecule has 0 radical (unpaired) electrons. The van der Waals surface area contributed by atoms with E-state index in [2.05, 4.69) is 4.98 Å². The van der Waals surface area contributed by atoms with Gasteiger partial charge in [-0.1, -0.05) is 12.1 Å². The van der Waals surface area contributed by atoms with E-state index in [1.165, 1.54) is 24.3 Å². The number of benzene rings is 1. The molecule has 0 unspecified atom stereocenters. The van der Waals surface area contributed by atoms with Crippen molar-refractivity contribution in [3.8, 4) is 0 Å². The fraction of sp³-hybridized carbons (Fsp3) is 0. The van der Waals surface area contributed by atoms with E-state index < -0.39 is 26.0 Å². The molecule has 0 fully saturated rings. The van der Waals surface area contributed by atoms with Gasteiger partial charge in [0.1, 0.15) is 5.82 Å². The minimum Gasteiger partial charge on any atom is -0.263 e. The number of pyridine rings is 1. The van der Waals surface area contributed by atoms with Gasteiger partial charge in [-0.15, -0.1) is 0 Å². The lowest BCUT2D eigenvalue weighted by atomic mass is 10.4. The zero-order chi connectivity index (χ0) is 15.7. The van der Waals surface area contributed by atoms with Crippen molar-refractivity contribution in [1.82, 2.24) is 4.98 Å². The van der Waals surface area contributed by atoms with Gasteiger partial charge >= 0.3 is 0 Å². The zero-order valence-electron chi connectivity index (χ0n) is 10.4. The van der Waals surface area contributed by atoms with Crippen molar-refractivity contribution in [3.05, 3.63) is 48.4 Å². The van der Waals surface area contributed by atoms with Crippen LogP contribution in [0.25, 0.3) is 0 Å². The van der Waals surface area contributed by atoms with Gasteiger partial charge in [0.25, 0.3) is 10.0 Å². The molecule has 0 atom stereocenters. The topological polar surface area (TPSA) is 119 Å². The summed E-state index contributed by atoms with van der Waals surface area (Å²) in [7, 11) is -8.15. The Bertz CT molecular complexity index is 882. The molecule has 2 rings (SSSR count). The lowest BCUT2D eigenvalue weighted by Gasteiger charge is -2.08. The minimum atomic E-state index is -4.11. The first-order chi connectivity index (χ1) is 9.68. The third kappa shape index (κ3) is 3.74. The number of primary sulfonamides is 1. The highest BCUT2D eigenvalue weighted by molar-refractivity contribution is 7.92. The summed E-state index contributed by atoms with van der Waals surface area (Å²) in [6.45, 7) is 0. The van der Waals surface area contributed by atoms with Crippen molar-refractivity contribution in [2.75, 3.05) is 4.72 Å². The average Bonchev–Trinajstić information content (AvgIpc) is 2.37. The quantitative estimate of drug-likeness (QED) is 0.798. The summed E-state index contributed by atoms with van der Waals surface area (Å²) in [6.07, 6.45) is 0. The van der Waals surface area contributed by atoms with E-state index in [4.69, 9.17) is 5.14 Å². The van der Waals surface area contributed by atoms with Gasteiger partial charge in [0.2, 0.25) is 16.0 Å². The second-order valence-electron chi connectivity index (χ2n) is 3.97. The third-order valence-corrected chi connectivity index (χ3v) is 4.66. The van der Waals surface area contributed by atoms with Gasteiger partial charge in [0.15, 0.2) is 0 Å². The van der Waals surface area contributed by atoms with Crippen molar-refractivity contribution in [2.45, 2.75) is 9.79 Å². The second kappa shape index (κ2) is 5.39. The molecule has 0 spiro atoms. The highest BCUT2D eigenvalue weighted by Gasteiger charge is 2.18.